The quantitative estimate of drug-likeness (QED) is 0.722. The second-order valence-electron chi connectivity index (χ2n) is 7.47. The molecule has 0 spiro atoms. The van der Waals surface area contributed by atoms with Crippen molar-refractivity contribution < 1.29 is 9.31 Å². The van der Waals surface area contributed by atoms with E-state index >= 15 is 0 Å². The molecule has 0 atom stereocenters. The highest BCUT2D eigenvalue weighted by atomic mass is 16.7. The molecule has 2 aromatic rings. The SMILES string of the molecule is CN1c2ccccc2N(B2OC(C)(C)C(C)(C)O2)c2ccccc21. The van der Waals surface area contributed by atoms with Crippen LogP contribution in [0.25, 0.3) is 0 Å². The van der Waals surface area contributed by atoms with Crippen LogP contribution in [0.5, 0.6) is 0 Å². The number of nitrogens with zero attached hydrogens (tertiary/aromatic N) is 2. The molecule has 0 N–H and O–H groups in total. The molecule has 4 nitrogen and oxygen atoms in total. The maximum absolute atomic E-state index is 6.34. The molecule has 1 fully saturated rings. The van der Waals surface area contributed by atoms with Gasteiger partial charge in [0.15, 0.2) is 0 Å². The monoisotopic (exact) mass is 322 g/mol. The topological polar surface area (TPSA) is 24.9 Å². The van der Waals surface area contributed by atoms with Crippen LogP contribution in [-0.4, -0.2) is 25.5 Å². The molecule has 0 unspecified atom stereocenters. The summed E-state index contributed by atoms with van der Waals surface area (Å²) >= 11 is 0. The summed E-state index contributed by atoms with van der Waals surface area (Å²) in [4.78, 5) is 4.38. The molecule has 5 heteroatoms. The maximum atomic E-state index is 6.34. The smallest absolute Gasteiger partial charge is 0.384 e. The van der Waals surface area contributed by atoms with Crippen molar-refractivity contribution in [3.05, 3.63) is 48.5 Å². The van der Waals surface area contributed by atoms with Gasteiger partial charge in [-0.3, -0.25) is 0 Å². The Morgan fingerprint density at radius 2 is 1.08 bits per heavy atom. The number of hydrogen-bond donors (Lipinski definition) is 0. The molecule has 2 aliphatic rings. The second-order valence-corrected chi connectivity index (χ2v) is 7.47. The summed E-state index contributed by atoms with van der Waals surface area (Å²) in [6.07, 6.45) is 0. The van der Waals surface area contributed by atoms with E-state index in [1.54, 1.807) is 0 Å². The zero-order chi connectivity index (χ0) is 17.1. The lowest BCUT2D eigenvalue weighted by Crippen LogP contribution is -2.42. The molecule has 0 radical (unpaired) electrons. The first-order chi connectivity index (χ1) is 11.3. The molecule has 0 bridgehead atoms. The van der Waals surface area contributed by atoms with E-state index in [9.17, 15) is 0 Å². The molecular weight excluding hydrogens is 299 g/mol. The third-order valence-electron chi connectivity index (χ3n) is 5.46. The summed E-state index contributed by atoms with van der Waals surface area (Å²) in [7, 11) is 1.64. The van der Waals surface area contributed by atoms with Crippen molar-refractivity contribution >= 4 is 30.0 Å². The Labute approximate surface area is 144 Å². The molecule has 0 saturated carbocycles. The minimum atomic E-state index is -0.453. The number of benzene rings is 2. The number of anilines is 4. The van der Waals surface area contributed by atoms with Crippen LogP contribution in [0.15, 0.2) is 48.5 Å². The van der Waals surface area contributed by atoms with Gasteiger partial charge in [0.25, 0.3) is 0 Å². The first-order valence-corrected chi connectivity index (χ1v) is 8.38. The van der Waals surface area contributed by atoms with Crippen LogP contribution in [-0.2, 0) is 9.31 Å². The van der Waals surface area contributed by atoms with E-state index in [1.807, 2.05) is 0 Å². The van der Waals surface area contributed by atoms with Gasteiger partial charge in [-0.25, -0.2) is 0 Å². The third kappa shape index (κ3) is 2.08. The second kappa shape index (κ2) is 5.01. The molecule has 2 aromatic carbocycles. The van der Waals surface area contributed by atoms with Crippen molar-refractivity contribution in [2.75, 3.05) is 16.8 Å². The third-order valence-corrected chi connectivity index (χ3v) is 5.46. The van der Waals surface area contributed by atoms with E-state index in [-0.39, 0.29) is 11.2 Å². The largest absolute Gasteiger partial charge is 0.599 e. The van der Waals surface area contributed by atoms with Crippen LogP contribution >= 0.6 is 0 Å². The molecular formula is C19H23BN2O2. The van der Waals surface area contributed by atoms with Crippen LogP contribution < -0.4 is 9.71 Å². The minimum absolute atomic E-state index is 0.370. The number of para-hydroxylation sites is 4. The fourth-order valence-corrected chi connectivity index (χ4v) is 3.31. The van der Waals surface area contributed by atoms with E-state index in [0.29, 0.717) is 0 Å². The van der Waals surface area contributed by atoms with Crippen LogP contribution in [0.2, 0.25) is 0 Å². The molecule has 0 amide bonds. The first kappa shape index (κ1) is 15.5. The highest BCUT2D eigenvalue weighted by molar-refractivity contribution is 6.54. The standard InChI is InChI=1S/C19H23BN2O2/c1-18(2)19(3,4)24-20(23-18)22-16-12-8-6-10-14(16)21(5)15-11-7-9-13-17(15)22/h6-13H,1-5H3. The van der Waals surface area contributed by atoms with Gasteiger partial charge in [-0.05, 0) is 52.0 Å². The Balaban J connectivity index is 1.86. The van der Waals surface area contributed by atoms with Gasteiger partial charge in [0.1, 0.15) is 0 Å². The number of hydrogen-bond acceptors (Lipinski definition) is 4. The normalized spacial score (nSPS) is 20.8. The zero-order valence-electron chi connectivity index (χ0n) is 14.9. The molecule has 2 aliphatic heterocycles. The fraction of sp³-hybridized carbons (Fsp3) is 0.368. The summed E-state index contributed by atoms with van der Waals surface area (Å²) in [5, 5.41) is 0. The summed E-state index contributed by atoms with van der Waals surface area (Å²) in [6, 6.07) is 16.7. The summed E-state index contributed by atoms with van der Waals surface area (Å²) in [5.74, 6) is 0. The molecule has 0 aromatic heterocycles. The Morgan fingerprint density at radius 3 is 1.50 bits per heavy atom. The van der Waals surface area contributed by atoms with Gasteiger partial charge >= 0.3 is 7.25 Å². The van der Waals surface area contributed by atoms with Crippen molar-refractivity contribution in [2.24, 2.45) is 0 Å². The van der Waals surface area contributed by atoms with Gasteiger partial charge < -0.3 is 19.0 Å². The van der Waals surface area contributed by atoms with E-state index in [0.717, 1.165) is 22.7 Å². The van der Waals surface area contributed by atoms with Crippen molar-refractivity contribution in [1.82, 2.24) is 0 Å². The number of fused-ring (bicyclic) bond motifs is 2. The Kier molecular flexibility index (Phi) is 3.24. The predicted octanol–water partition coefficient (Wildman–Crippen LogP) is 4.49. The minimum Gasteiger partial charge on any atom is -0.384 e. The van der Waals surface area contributed by atoms with Gasteiger partial charge in [-0.2, -0.15) is 0 Å². The lowest BCUT2D eigenvalue weighted by molar-refractivity contribution is 0.00578. The average Bonchev–Trinajstić information content (AvgIpc) is 2.75. The summed E-state index contributed by atoms with van der Waals surface area (Å²) < 4.78 is 12.7. The van der Waals surface area contributed by atoms with Gasteiger partial charge in [0.2, 0.25) is 0 Å². The lowest BCUT2D eigenvalue weighted by Gasteiger charge is -2.39. The van der Waals surface area contributed by atoms with Gasteiger partial charge in [-0.1, -0.05) is 24.3 Å². The fourth-order valence-electron chi connectivity index (χ4n) is 3.31. The van der Waals surface area contributed by atoms with Gasteiger partial charge in [0.05, 0.1) is 34.0 Å². The Bertz CT molecular complexity index is 727. The molecule has 24 heavy (non-hydrogen) atoms. The molecule has 2 heterocycles. The first-order valence-electron chi connectivity index (χ1n) is 8.38. The lowest BCUT2D eigenvalue weighted by atomic mass is 9.90. The van der Waals surface area contributed by atoms with Crippen molar-refractivity contribution in [3.8, 4) is 0 Å². The van der Waals surface area contributed by atoms with Crippen LogP contribution in [0.1, 0.15) is 27.7 Å². The van der Waals surface area contributed by atoms with E-state index in [4.69, 9.17) is 9.31 Å². The van der Waals surface area contributed by atoms with E-state index in [2.05, 4.69) is 93.0 Å². The van der Waals surface area contributed by atoms with E-state index in [1.165, 1.54) is 0 Å². The molecule has 0 aliphatic carbocycles. The van der Waals surface area contributed by atoms with Crippen molar-refractivity contribution in [3.63, 3.8) is 0 Å². The summed E-state index contributed by atoms with van der Waals surface area (Å²) in [5.41, 5.74) is 3.74. The highest BCUT2D eigenvalue weighted by Crippen LogP contribution is 2.50. The predicted molar refractivity (Wildman–Crippen MR) is 99.2 cm³/mol. The Hall–Kier alpha value is -1.98. The van der Waals surface area contributed by atoms with Crippen molar-refractivity contribution in [2.45, 2.75) is 38.9 Å². The zero-order valence-corrected chi connectivity index (χ0v) is 14.9. The highest BCUT2D eigenvalue weighted by Gasteiger charge is 2.55. The van der Waals surface area contributed by atoms with Crippen molar-refractivity contribution in [1.29, 1.82) is 0 Å². The molecule has 124 valence electrons. The van der Waals surface area contributed by atoms with Crippen LogP contribution in [0.4, 0.5) is 22.7 Å². The van der Waals surface area contributed by atoms with Gasteiger partial charge in [0, 0.05) is 7.05 Å². The molecule has 4 rings (SSSR count). The summed E-state index contributed by atoms with van der Waals surface area (Å²) in [6.45, 7) is 8.34. The number of rotatable bonds is 1. The maximum Gasteiger partial charge on any atom is 0.599 e. The Morgan fingerprint density at radius 1 is 0.708 bits per heavy atom. The van der Waals surface area contributed by atoms with Crippen LogP contribution in [0, 0.1) is 0 Å². The van der Waals surface area contributed by atoms with Crippen LogP contribution in [0.3, 0.4) is 0 Å². The average molecular weight is 322 g/mol. The molecule has 1 saturated heterocycles. The van der Waals surface area contributed by atoms with Gasteiger partial charge in [-0.15, -0.1) is 0 Å². The van der Waals surface area contributed by atoms with E-state index < -0.39 is 7.25 Å².